The number of hydrogen-bond acceptors (Lipinski definition) is 1. The fourth-order valence-corrected chi connectivity index (χ4v) is 2.13. The maximum absolute atomic E-state index is 11.2. The third kappa shape index (κ3) is 2.54. The molecule has 0 aliphatic heterocycles. The maximum Gasteiger partial charge on any atom is 0.335 e. The summed E-state index contributed by atoms with van der Waals surface area (Å²) in [5.74, 6) is -0.874. The first-order chi connectivity index (χ1) is 8.59. The average Bonchev–Trinajstić information content (AvgIpc) is 2.39. The standard InChI is InChI=1S/C15H13ClO2/c1-10(11-6-8-12(16)9-7-11)13-4-2-3-5-14(13)15(17)18/h2-10H,1H3,(H,17,18)/t10-/m1/s1. The van der Waals surface area contributed by atoms with E-state index in [4.69, 9.17) is 11.6 Å². The zero-order valence-corrected chi connectivity index (χ0v) is 10.7. The summed E-state index contributed by atoms with van der Waals surface area (Å²) in [6.07, 6.45) is 0. The highest BCUT2D eigenvalue weighted by molar-refractivity contribution is 6.30. The van der Waals surface area contributed by atoms with Crippen molar-refractivity contribution in [2.24, 2.45) is 0 Å². The molecule has 0 fully saturated rings. The minimum Gasteiger partial charge on any atom is -0.478 e. The molecule has 1 atom stereocenters. The van der Waals surface area contributed by atoms with Crippen molar-refractivity contribution in [1.29, 1.82) is 0 Å². The van der Waals surface area contributed by atoms with Crippen LogP contribution in [0.15, 0.2) is 48.5 Å². The Labute approximate surface area is 111 Å². The highest BCUT2D eigenvalue weighted by Gasteiger charge is 2.16. The van der Waals surface area contributed by atoms with Crippen molar-refractivity contribution in [3.8, 4) is 0 Å². The second-order valence-corrected chi connectivity index (χ2v) is 4.60. The smallest absolute Gasteiger partial charge is 0.335 e. The van der Waals surface area contributed by atoms with E-state index in [9.17, 15) is 9.90 Å². The summed E-state index contributed by atoms with van der Waals surface area (Å²) in [5, 5.41) is 9.86. The molecule has 0 aliphatic carbocycles. The molecule has 0 spiro atoms. The zero-order valence-electron chi connectivity index (χ0n) is 9.93. The van der Waals surface area contributed by atoms with E-state index < -0.39 is 5.97 Å². The zero-order chi connectivity index (χ0) is 13.1. The second-order valence-electron chi connectivity index (χ2n) is 4.17. The molecule has 0 aliphatic rings. The van der Waals surface area contributed by atoms with Crippen LogP contribution in [0.3, 0.4) is 0 Å². The molecule has 2 rings (SSSR count). The first-order valence-corrected chi connectivity index (χ1v) is 6.05. The predicted octanol–water partition coefficient (Wildman–Crippen LogP) is 4.19. The highest BCUT2D eigenvalue weighted by Crippen LogP contribution is 2.27. The topological polar surface area (TPSA) is 37.3 Å². The van der Waals surface area contributed by atoms with Gasteiger partial charge in [-0.1, -0.05) is 48.9 Å². The molecule has 3 heteroatoms. The van der Waals surface area contributed by atoms with E-state index in [-0.39, 0.29) is 5.92 Å². The Kier molecular flexibility index (Phi) is 3.68. The predicted molar refractivity (Wildman–Crippen MR) is 72.4 cm³/mol. The van der Waals surface area contributed by atoms with Crippen LogP contribution in [0.1, 0.15) is 34.3 Å². The molecule has 1 N–H and O–H groups in total. The van der Waals surface area contributed by atoms with Crippen LogP contribution >= 0.6 is 11.6 Å². The molecule has 0 bridgehead atoms. The quantitative estimate of drug-likeness (QED) is 0.898. The Morgan fingerprint density at radius 3 is 2.33 bits per heavy atom. The molecule has 0 radical (unpaired) electrons. The highest BCUT2D eigenvalue weighted by atomic mass is 35.5. The molecule has 2 aromatic rings. The van der Waals surface area contributed by atoms with Crippen molar-refractivity contribution in [3.63, 3.8) is 0 Å². The van der Waals surface area contributed by atoms with Crippen LogP contribution in [-0.4, -0.2) is 11.1 Å². The van der Waals surface area contributed by atoms with Crippen molar-refractivity contribution in [1.82, 2.24) is 0 Å². The summed E-state index contributed by atoms with van der Waals surface area (Å²) >= 11 is 5.85. The van der Waals surface area contributed by atoms with Gasteiger partial charge in [-0.15, -0.1) is 0 Å². The number of rotatable bonds is 3. The van der Waals surface area contributed by atoms with Gasteiger partial charge in [0.15, 0.2) is 0 Å². The number of carbonyl (C=O) groups is 1. The van der Waals surface area contributed by atoms with E-state index in [0.717, 1.165) is 11.1 Å². The fraction of sp³-hybridized carbons (Fsp3) is 0.133. The van der Waals surface area contributed by atoms with Gasteiger partial charge in [-0.25, -0.2) is 4.79 Å². The summed E-state index contributed by atoms with van der Waals surface area (Å²) < 4.78 is 0. The van der Waals surface area contributed by atoms with Gasteiger partial charge < -0.3 is 5.11 Å². The first kappa shape index (κ1) is 12.7. The lowest BCUT2D eigenvalue weighted by molar-refractivity contribution is 0.0695. The lowest BCUT2D eigenvalue weighted by atomic mass is 9.90. The van der Waals surface area contributed by atoms with Crippen molar-refractivity contribution in [3.05, 3.63) is 70.2 Å². The van der Waals surface area contributed by atoms with Gasteiger partial charge in [0.25, 0.3) is 0 Å². The summed E-state index contributed by atoms with van der Waals surface area (Å²) in [6.45, 7) is 1.99. The molecule has 0 heterocycles. The molecular weight excluding hydrogens is 248 g/mol. The minimum atomic E-state index is -0.897. The van der Waals surface area contributed by atoms with E-state index in [1.54, 1.807) is 12.1 Å². The van der Waals surface area contributed by atoms with E-state index in [2.05, 4.69) is 0 Å². The number of halogens is 1. The molecule has 0 aromatic heterocycles. The lowest BCUT2D eigenvalue weighted by Gasteiger charge is -2.15. The van der Waals surface area contributed by atoms with E-state index in [1.165, 1.54) is 0 Å². The Hall–Kier alpha value is -1.80. The average molecular weight is 261 g/mol. The van der Waals surface area contributed by atoms with Crippen LogP contribution in [0.25, 0.3) is 0 Å². The van der Waals surface area contributed by atoms with Gasteiger partial charge in [0.2, 0.25) is 0 Å². The van der Waals surface area contributed by atoms with Gasteiger partial charge in [0.05, 0.1) is 5.56 Å². The van der Waals surface area contributed by atoms with Gasteiger partial charge in [0, 0.05) is 10.9 Å². The maximum atomic E-state index is 11.2. The van der Waals surface area contributed by atoms with Crippen LogP contribution in [0.2, 0.25) is 5.02 Å². The Bertz CT molecular complexity index is 561. The fourth-order valence-electron chi connectivity index (χ4n) is 2.00. The minimum absolute atomic E-state index is 0.0227. The Morgan fingerprint density at radius 1 is 1.11 bits per heavy atom. The van der Waals surface area contributed by atoms with Crippen molar-refractivity contribution < 1.29 is 9.90 Å². The molecule has 0 saturated carbocycles. The van der Waals surface area contributed by atoms with Gasteiger partial charge in [-0.3, -0.25) is 0 Å². The molecule has 2 aromatic carbocycles. The largest absolute Gasteiger partial charge is 0.478 e. The van der Waals surface area contributed by atoms with Crippen LogP contribution in [-0.2, 0) is 0 Å². The summed E-state index contributed by atoms with van der Waals surface area (Å²) in [6, 6.07) is 14.5. The second kappa shape index (κ2) is 5.23. The van der Waals surface area contributed by atoms with Gasteiger partial charge in [-0.2, -0.15) is 0 Å². The van der Waals surface area contributed by atoms with Crippen molar-refractivity contribution in [2.75, 3.05) is 0 Å². The Balaban J connectivity index is 2.42. The normalized spacial score (nSPS) is 12.1. The van der Waals surface area contributed by atoms with E-state index in [1.807, 2.05) is 43.3 Å². The molecule has 18 heavy (non-hydrogen) atoms. The third-order valence-corrected chi connectivity index (χ3v) is 3.28. The molecule has 0 amide bonds. The Morgan fingerprint density at radius 2 is 1.72 bits per heavy atom. The van der Waals surface area contributed by atoms with Crippen molar-refractivity contribution in [2.45, 2.75) is 12.8 Å². The molecule has 2 nitrogen and oxygen atoms in total. The molecule has 92 valence electrons. The molecule has 0 unspecified atom stereocenters. The number of aromatic carboxylic acids is 1. The SMILES string of the molecule is C[C@H](c1ccc(Cl)cc1)c1ccccc1C(=O)O. The summed E-state index contributed by atoms with van der Waals surface area (Å²) in [5.41, 5.74) is 2.21. The molecular formula is C15H13ClO2. The van der Waals surface area contributed by atoms with Gasteiger partial charge >= 0.3 is 5.97 Å². The van der Waals surface area contributed by atoms with Crippen LogP contribution in [0.5, 0.6) is 0 Å². The third-order valence-electron chi connectivity index (χ3n) is 3.03. The van der Waals surface area contributed by atoms with Crippen LogP contribution in [0, 0.1) is 0 Å². The summed E-state index contributed by atoms with van der Waals surface area (Å²) in [4.78, 5) is 11.2. The molecule has 0 saturated heterocycles. The van der Waals surface area contributed by atoms with E-state index >= 15 is 0 Å². The van der Waals surface area contributed by atoms with Gasteiger partial charge in [-0.05, 0) is 29.3 Å². The van der Waals surface area contributed by atoms with Gasteiger partial charge in [0.1, 0.15) is 0 Å². The van der Waals surface area contributed by atoms with Crippen molar-refractivity contribution >= 4 is 17.6 Å². The van der Waals surface area contributed by atoms with E-state index in [0.29, 0.717) is 10.6 Å². The lowest BCUT2D eigenvalue weighted by Crippen LogP contribution is -2.06. The number of hydrogen-bond donors (Lipinski definition) is 1. The summed E-state index contributed by atoms with van der Waals surface area (Å²) in [7, 11) is 0. The first-order valence-electron chi connectivity index (χ1n) is 5.67. The number of carboxylic acid groups (broad SMARTS) is 1. The van der Waals surface area contributed by atoms with Crippen LogP contribution in [0.4, 0.5) is 0 Å². The van der Waals surface area contributed by atoms with Crippen LogP contribution < -0.4 is 0 Å². The number of benzene rings is 2. The number of carboxylic acids is 1. The monoisotopic (exact) mass is 260 g/mol.